The smallest absolute Gasteiger partial charge is 0.306 e. The number of benzene rings is 3. The van der Waals surface area contributed by atoms with E-state index in [0.29, 0.717) is 17.8 Å². The van der Waals surface area contributed by atoms with Gasteiger partial charge in [0, 0.05) is 37.3 Å². The van der Waals surface area contributed by atoms with Crippen molar-refractivity contribution in [2.24, 2.45) is 5.73 Å². The summed E-state index contributed by atoms with van der Waals surface area (Å²) in [6.45, 7) is 2.73. The summed E-state index contributed by atoms with van der Waals surface area (Å²) in [7, 11) is 0. The van der Waals surface area contributed by atoms with Crippen LogP contribution in [0.3, 0.4) is 0 Å². The van der Waals surface area contributed by atoms with Crippen LogP contribution in [0.4, 0.5) is 18.9 Å². The second kappa shape index (κ2) is 14.7. The molecule has 39 heavy (non-hydrogen) atoms. The first-order valence-corrected chi connectivity index (χ1v) is 12.9. The third-order valence-corrected chi connectivity index (χ3v) is 6.28. The van der Waals surface area contributed by atoms with E-state index in [2.05, 4.69) is 23.6 Å². The number of rotatable bonds is 13. The van der Waals surface area contributed by atoms with Crippen LogP contribution in [0.1, 0.15) is 36.5 Å². The fourth-order valence-electron chi connectivity index (χ4n) is 3.97. The number of nitrogens with two attached hydrogens (primary N) is 1. The van der Waals surface area contributed by atoms with Gasteiger partial charge in [0.25, 0.3) is 0 Å². The average Bonchev–Trinajstić information content (AvgIpc) is 2.88. The van der Waals surface area contributed by atoms with Crippen LogP contribution >= 0.6 is 11.6 Å². The van der Waals surface area contributed by atoms with Crippen LogP contribution in [-0.4, -0.2) is 30.6 Å². The monoisotopic (exact) mass is 561 g/mol. The van der Waals surface area contributed by atoms with E-state index in [1.54, 1.807) is 0 Å². The van der Waals surface area contributed by atoms with Crippen molar-refractivity contribution in [3.05, 3.63) is 99.8 Å². The molecule has 0 saturated carbocycles. The number of carbonyl (C=O) groups is 2. The highest BCUT2D eigenvalue weighted by Crippen LogP contribution is 2.20. The van der Waals surface area contributed by atoms with Gasteiger partial charge in [-0.2, -0.15) is 0 Å². The minimum atomic E-state index is -0.836. The lowest BCUT2D eigenvalue weighted by Gasteiger charge is -2.25. The van der Waals surface area contributed by atoms with Crippen molar-refractivity contribution in [2.45, 2.75) is 51.3 Å². The number of esters is 1. The van der Waals surface area contributed by atoms with Crippen molar-refractivity contribution in [2.75, 3.05) is 11.9 Å². The number of ether oxygens (including phenoxy) is 1. The second-order valence-corrected chi connectivity index (χ2v) is 9.56. The van der Waals surface area contributed by atoms with E-state index in [-0.39, 0.29) is 30.8 Å². The van der Waals surface area contributed by atoms with Gasteiger partial charge in [-0.3, -0.25) is 9.59 Å². The van der Waals surface area contributed by atoms with Crippen molar-refractivity contribution >= 4 is 29.2 Å². The average molecular weight is 562 g/mol. The molecule has 10 heteroatoms. The van der Waals surface area contributed by atoms with E-state index in [1.807, 2.05) is 18.2 Å². The largest absolute Gasteiger partial charge is 0.459 e. The number of hydrogen-bond donors (Lipinski definition) is 3. The van der Waals surface area contributed by atoms with E-state index < -0.39 is 41.5 Å². The minimum Gasteiger partial charge on any atom is -0.459 e. The highest BCUT2D eigenvalue weighted by Gasteiger charge is 2.23. The molecule has 3 aromatic rings. The second-order valence-electron chi connectivity index (χ2n) is 9.16. The Morgan fingerprint density at radius 3 is 2.36 bits per heavy atom. The first-order valence-electron chi connectivity index (χ1n) is 12.6. The maximum absolute atomic E-state index is 13.7. The molecule has 1 amide bonds. The number of carbonyl (C=O) groups excluding carboxylic acids is 2. The third-order valence-electron chi connectivity index (χ3n) is 5.99. The zero-order valence-electron chi connectivity index (χ0n) is 21.5. The molecule has 0 aliphatic rings. The lowest BCUT2D eigenvalue weighted by Crippen LogP contribution is -2.46. The number of aryl methyl sites for hydroxylation is 1. The molecule has 3 rings (SSSR count). The van der Waals surface area contributed by atoms with Gasteiger partial charge in [0.2, 0.25) is 5.91 Å². The SMILES string of the molecule is CCc1cccc(CNC[C@@H](OC(=O)CCC(=O)Nc2ccc(F)c(Cl)c2)[C@@H](N)Cc2cc(F)cc(F)c2)c1. The van der Waals surface area contributed by atoms with Gasteiger partial charge in [0.05, 0.1) is 11.4 Å². The topological polar surface area (TPSA) is 93.4 Å². The van der Waals surface area contributed by atoms with Gasteiger partial charge in [0.15, 0.2) is 0 Å². The summed E-state index contributed by atoms with van der Waals surface area (Å²) in [5, 5.41) is 5.63. The van der Waals surface area contributed by atoms with Crippen molar-refractivity contribution in [1.82, 2.24) is 5.32 Å². The molecule has 0 aliphatic carbocycles. The van der Waals surface area contributed by atoms with Crippen molar-refractivity contribution in [3.8, 4) is 0 Å². The van der Waals surface area contributed by atoms with E-state index in [0.717, 1.165) is 24.1 Å². The molecule has 0 aromatic heterocycles. The number of anilines is 1. The van der Waals surface area contributed by atoms with Crippen LogP contribution in [0.25, 0.3) is 0 Å². The molecule has 0 saturated heterocycles. The van der Waals surface area contributed by atoms with Crippen LogP contribution in [0.15, 0.2) is 60.7 Å². The molecule has 0 heterocycles. The van der Waals surface area contributed by atoms with Crippen LogP contribution in [0, 0.1) is 17.5 Å². The number of amides is 1. The Morgan fingerprint density at radius 1 is 0.949 bits per heavy atom. The van der Waals surface area contributed by atoms with Gasteiger partial charge >= 0.3 is 5.97 Å². The summed E-state index contributed by atoms with van der Waals surface area (Å²) in [6.07, 6.45) is -0.313. The molecule has 0 fully saturated rings. The van der Waals surface area contributed by atoms with Gasteiger partial charge < -0.3 is 21.1 Å². The fourth-order valence-corrected chi connectivity index (χ4v) is 4.15. The Bertz CT molecular complexity index is 1270. The molecule has 0 bridgehead atoms. The summed E-state index contributed by atoms with van der Waals surface area (Å²) in [5.41, 5.74) is 9.16. The van der Waals surface area contributed by atoms with Crippen LogP contribution in [0.5, 0.6) is 0 Å². The zero-order chi connectivity index (χ0) is 28.4. The zero-order valence-corrected chi connectivity index (χ0v) is 22.2. The molecule has 6 nitrogen and oxygen atoms in total. The first kappa shape index (κ1) is 30.1. The third kappa shape index (κ3) is 10.0. The number of hydrogen-bond acceptors (Lipinski definition) is 5. The molecule has 0 unspecified atom stereocenters. The van der Waals surface area contributed by atoms with Gasteiger partial charge in [0.1, 0.15) is 23.6 Å². The van der Waals surface area contributed by atoms with E-state index in [4.69, 9.17) is 22.1 Å². The van der Waals surface area contributed by atoms with Crippen molar-refractivity contribution < 1.29 is 27.5 Å². The maximum atomic E-state index is 13.7. The molecule has 0 radical (unpaired) electrons. The van der Waals surface area contributed by atoms with Crippen LogP contribution in [0.2, 0.25) is 5.02 Å². The Kier molecular flexibility index (Phi) is 11.3. The predicted molar refractivity (Wildman–Crippen MR) is 145 cm³/mol. The molecule has 0 aliphatic heterocycles. The number of halogens is 4. The molecule has 2 atom stereocenters. The van der Waals surface area contributed by atoms with E-state index in [1.165, 1.54) is 29.8 Å². The molecule has 0 spiro atoms. The van der Waals surface area contributed by atoms with E-state index in [9.17, 15) is 22.8 Å². The quantitative estimate of drug-likeness (QED) is 0.246. The van der Waals surface area contributed by atoms with Crippen molar-refractivity contribution in [1.29, 1.82) is 0 Å². The van der Waals surface area contributed by atoms with Gasteiger partial charge in [-0.1, -0.05) is 42.8 Å². The lowest BCUT2D eigenvalue weighted by molar-refractivity contribution is -0.150. The van der Waals surface area contributed by atoms with Crippen LogP contribution in [-0.2, 0) is 33.7 Å². The highest BCUT2D eigenvalue weighted by atomic mass is 35.5. The maximum Gasteiger partial charge on any atom is 0.306 e. The summed E-state index contributed by atoms with van der Waals surface area (Å²) in [4.78, 5) is 24.9. The predicted octanol–water partition coefficient (Wildman–Crippen LogP) is 5.31. The Balaban J connectivity index is 1.60. The Labute approximate surface area is 230 Å². The van der Waals surface area contributed by atoms with Gasteiger partial charge in [-0.15, -0.1) is 0 Å². The fraction of sp³-hybridized carbons (Fsp3) is 0.310. The molecule has 4 N–H and O–H groups in total. The Hall–Kier alpha value is -3.40. The lowest BCUT2D eigenvalue weighted by atomic mass is 10.0. The molecule has 208 valence electrons. The standard InChI is InChI=1S/C29H31ClF3N3O3/c1-2-18-4-3-5-19(10-18)16-35-17-27(26(34)13-20-11-21(31)14-22(32)12-20)39-29(38)9-8-28(37)36-23-6-7-25(33)24(30)15-23/h3-7,10-12,14-15,26-27,35H,2,8-9,13,16-17,34H2,1H3,(H,36,37)/t26-,27+/m0/s1. The summed E-state index contributed by atoms with van der Waals surface area (Å²) in [5.74, 6) is -3.22. The van der Waals surface area contributed by atoms with Gasteiger partial charge in [-0.25, -0.2) is 13.2 Å². The molecule has 3 aromatic carbocycles. The van der Waals surface area contributed by atoms with Gasteiger partial charge in [-0.05, 0) is 59.9 Å². The molecular weight excluding hydrogens is 531 g/mol. The minimum absolute atomic E-state index is 0.0610. The molecular formula is C29H31ClF3N3O3. The van der Waals surface area contributed by atoms with E-state index >= 15 is 0 Å². The summed E-state index contributed by atoms with van der Waals surface area (Å²) >= 11 is 5.72. The highest BCUT2D eigenvalue weighted by molar-refractivity contribution is 6.31. The summed E-state index contributed by atoms with van der Waals surface area (Å²) in [6, 6.07) is 14.1. The van der Waals surface area contributed by atoms with Crippen molar-refractivity contribution in [3.63, 3.8) is 0 Å². The Morgan fingerprint density at radius 2 is 1.67 bits per heavy atom. The summed E-state index contributed by atoms with van der Waals surface area (Å²) < 4.78 is 46.3. The normalized spacial score (nSPS) is 12.6. The number of nitrogens with one attached hydrogen (secondary N) is 2. The van der Waals surface area contributed by atoms with Crippen LogP contribution < -0.4 is 16.4 Å². The first-order chi connectivity index (χ1) is 18.6.